The highest BCUT2D eigenvalue weighted by Crippen LogP contribution is 2.27. The van der Waals surface area contributed by atoms with Crippen LogP contribution in [0, 0.1) is 6.92 Å². The lowest BCUT2D eigenvalue weighted by molar-refractivity contribution is 0.101. The van der Waals surface area contributed by atoms with Crippen LogP contribution in [0.25, 0.3) is 0 Å². The lowest BCUT2D eigenvalue weighted by Crippen LogP contribution is -2.01. The van der Waals surface area contributed by atoms with Crippen molar-refractivity contribution >= 4 is 28.8 Å². The summed E-state index contributed by atoms with van der Waals surface area (Å²) in [4.78, 5) is 11.5. The molecule has 0 unspecified atom stereocenters. The molecule has 0 aliphatic heterocycles. The van der Waals surface area contributed by atoms with Gasteiger partial charge in [-0.1, -0.05) is 43.6 Å². The number of carbonyl (C=O) groups is 1. The average Bonchev–Trinajstić information content (AvgIpc) is 2.46. The van der Waals surface area contributed by atoms with Gasteiger partial charge < -0.3 is 5.32 Å². The van der Waals surface area contributed by atoms with Crippen LogP contribution in [-0.4, -0.2) is 5.78 Å². The van der Waals surface area contributed by atoms with Gasteiger partial charge in [0.2, 0.25) is 0 Å². The zero-order chi connectivity index (χ0) is 15.1. The lowest BCUT2D eigenvalue weighted by Gasteiger charge is -2.13. The van der Waals surface area contributed by atoms with Gasteiger partial charge in [0.15, 0.2) is 5.78 Å². The normalized spacial score (nSPS) is 9.45. The minimum Gasteiger partial charge on any atom is -0.355 e. The van der Waals surface area contributed by atoms with Crippen molar-refractivity contribution < 1.29 is 4.79 Å². The van der Waals surface area contributed by atoms with Crippen molar-refractivity contribution in [3.8, 4) is 0 Å². The first-order valence-electron chi connectivity index (χ1n) is 6.71. The van der Waals surface area contributed by atoms with Crippen LogP contribution < -0.4 is 5.32 Å². The van der Waals surface area contributed by atoms with Crippen molar-refractivity contribution in [3.63, 3.8) is 0 Å². The third kappa shape index (κ3) is 3.84. The van der Waals surface area contributed by atoms with Crippen LogP contribution in [0.1, 0.15) is 36.7 Å². The minimum atomic E-state index is 0.0396. The van der Waals surface area contributed by atoms with Crippen LogP contribution in [-0.2, 0) is 0 Å². The Labute approximate surface area is 125 Å². The highest BCUT2D eigenvalue weighted by molar-refractivity contribution is 6.31. The van der Waals surface area contributed by atoms with Crippen LogP contribution >= 0.6 is 11.6 Å². The molecule has 0 radical (unpaired) electrons. The first-order chi connectivity index (χ1) is 9.59. The maximum Gasteiger partial charge on any atom is 0.161 e. The van der Waals surface area contributed by atoms with Gasteiger partial charge in [-0.25, -0.2) is 0 Å². The standard InChI is InChI=1S/C15H14ClNO.C2H6/c1-10-13(16)7-5-9-14(10)17-15-8-4-3-6-12(15)11(2)18;1-2/h3-9,17H,1-2H3;1-2H3. The van der Waals surface area contributed by atoms with Gasteiger partial charge in [0.05, 0.1) is 0 Å². The van der Waals surface area contributed by atoms with Gasteiger partial charge in [0, 0.05) is 22.0 Å². The third-order valence-corrected chi connectivity index (χ3v) is 3.25. The van der Waals surface area contributed by atoms with E-state index in [0.29, 0.717) is 10.6 Å². The van der Waals surface area contributed by atoms with Crippen molar-refractivity contribution in [1.82, 2.24) is 0 Å². The molecule has 0 aliphatic carbocycles. The molecular weight excluding hydrogens is 270 g/mol. The summed E-state index contributed by atoms with van der Waals surface area (Å²) in [6.45, 7) is 7.51. The van der Waals surface area contributed by atoms with E-state index in [1.807, 2.05) is 63.2 Å². The summed E-state index contributed by atoms with van der Waals surface area (Å²) in [5, 5.41) is 3.97. The molecule has 0 fully saturated rings. The molecule has 0 heterocycles. The molecular formula is C17H20ClNO. The van der Waals surface area contributed by atoms with Crippen molar-refractivity contribution in [2.45, 2.75) is 27.7 Å². The summed E-state index contributed by atoms with van der Waals surface area (Å²) >= 11 is 6.08. The fourth-order valence-corrected chi connectivity index (χ4v) is 1.96. The van der Waals surface area contributed by atoms with Crippen LogP contribution in [0.3, 0.4) is 0 Å². The van der Waals surface area contributed by atoms with Gasteiger partial charge in [-0.05, 0) is 43.7 Å². The number of nitrogens with one attached hydrogen (secondary N) is 1. The fraction of sp³-hybridized carbons (Fsp3) is 0.235. The van der Waals surface area contributed by atoms with E-state index in [-0.39, 0.29) is 5.78 Å². The molecule has 0 saturated carbocycles. The van der Waals surface area contributed by atoms with E-state index in [0.717, 1.165) is 16.9 Å². The van der Waals surface area contributed by atoms with E-state index in [1.54, 1.807) is 6.92 Å². The second-order valence-electron chi connectivity index (χ2n) is 4.14. The van der Waals surface area contributed by atoms with Crippen molar-refractivity contribution in [3.05, 3.63) is 58.6 Å². The summed E-state index contributed by atoms with van der Waals surface area (Å²) in [6, 6.07) is 13.1. The number of carbonyl (C=O) groups excluding carboxylic acids is 1. The highest BCUT2D eigenvalue weighted by atomic mass is 35.5. The smallest absolute Gasteiger partial charge is 0.161 e. The number of Topliss-reactive ketones (excluding diaryl/α,β-unsaturated/α-hetero) is 1. The molecule has 1 N–H and O–H groups in total. The van der Waals surface area contributed by atoms with Gasteiger partial charge in [0.25, 0.3) is 0 Å². The number of hydrogen-bond donors (Lipinski definition) is 1. The highest BCUT2D eigenvalue weighted by Gasteiger charge is 2.08. The Bertz CT molecular complexity index is 593. The third-order valence-electron chi connectivity index (χ3n) is 2.84. The summed E-state index contributed by atoms with van der Waals surface area (Å²) in [5.74, 6) is 0.0396. The zero-order valence-electron chi connectivity index (χ0n) is 12.3. The number of rotatable bonds is 3. The van der Waals surface area contributed by atoms with Crippen molar-refractivity contribution in [2.75, 3.05) is 5.32 Å². The van der Waals surface area contributed by atoms with Gasteiger partial charge >= 0.3 is 0 Å². The Hall–Kier alpha value is -1.80. The molecule has 20 heavy (non-hydrogen) atoms. The number of para-hydroxylation sites is 1. The fourth-order valence-electron chi connectivity index (χ4n) is 1.79. The molecule has 2 aromatic rings. The molecule has 0 amide bonds. The number of anilines is 2. The molecule has 0 saturated heterocycles. The Balaban J connectivity index is 0.000000956. The summed E-state index contributed by atoms with van der Waals surface area (Å²) in [6.07, 6.45) is 0. The summed E-state index contributed by atoms with van der Waals surface area (Å²) in [7, 11) is 0. The van der Waals surface area contributed by atoms with Crippen molar-refractivity contribution in [2.24, 2.45) is 0 Å². The molecule has 0 spiro atoms. The first-order valence-corrected chi connectivity index (χ1v) is 7.09. The molecule has 2 nitrogen and oxygen atoms in total. The summed E-state index contributed by atoms with van der Waals surface area (Å²) in [5.41, 5.74) is 3.36. The average molecular weight is 290 g/mol. The molecule has 0 bridgehead atoms. The second kappa shape index (κ2) is 7.71. The molecule has 0 aliphatic rings. The van der Waals surface area contributed by atoms with Crippen LogP contribution in [0.4, 0.5) is 11.4 Å². The van der Waals surface area contributed by atoms with Crippen LogP contribution in [0.5, 0.6) is 0 Å². The van der Waals surface area contributed by atoms with E-state index in [4.69, 9.17) is 11.6 Å². The number of benzene rings is 2. The Morgan fingerprint density at radius 3 is 2.25 bits per heavy atom. The Kier molecular flexibility index (Phi) is 6.26. The number of hydrogen-bond acceptors (Lipinski definition) is 2. The molecule has 2 rings (SSSR count). The zero-order valence-corrected chi connectivity index (χ0v) is 13.1. The summed E-state index contributed by atoms with van der Waals surface area (Å²) < 4.78 is 0. The molecule has 0 atom stereocenters. The Morgan fingerprint density at radius 1 is 1.00 bits per heavy atom. The van der Waals surface area contributed by atoms with E-state index >= 15 is 0 Å². The maximum atomic E-state index is 11.5. The predicted molar refractivity (Wildman–Crippen MR) is 87.3 cm³/mol. The number of halogens is 1. The van der Waals surface area contributed by atoms with E-state index in [2.05, 4.69) is 5.32 Å². The van der Waals surface area contributed by atoms with Gasteiger partial charge in [0.1, 0.15) is 0 Å². The molecule has 0 aromatic heterocycles. The maximum absolute atomic E-state index is 11.5. The van der Waals surface area contributed by atoms with Gasteiger partial charge in [-0.15, -0.1) is 0 Å². The monoisotopic (exact) mass is 289 g/mol. The van der Waals surface area contributed by atoms with Gasteiger partial charge in [-0.2, -0.15) is 0 Å². The largest absolute Gasteiger partial charge is 0.355 e. The molecule has 106 valence electrons. The van der Waals surface area contributed by atoms with Crippen molar-refractivity contribution in [1.29, 1.82) is 0 Å². The number of ketones is 1. The topological polar surface area (TPSA) is 29.1 Å². The predicted octanol–water partition coefficient (Wildman–Crippen LogP) is 5.62. The van der Waals surface area contributed by atoms with Crippen LogP contribution in [0.15, 0.2) is 42.5 Å². The quantitative estimate of drug-likeness (QED) is 0.743. The van der Waals surface area contributed by atoms with E-state index < -0.39 is 0 Å². The van der Waals surface area contributed by atoms with Crippen LogP contribution in [0.2, 0.25) is 5.02 Å². The first kappa shape index (κ1) is 16.3. The molecule has 3 heteroatoms. The second-order valence-corrected chi connectivity index (χ2v) is 4.55. The Morgan fingerprint density at radius 2 is 1.60 bits per heavy atom. The van der Waals surface area contributed by atoms with E-state index in [1.165, 1.54) is 0 Å². The van der Waals surface area contributed by atoms with Gasteiger partial charge in [-0.3, -0.25) is 4.79 Å². The lowest BCUT2D eigenvalue weighted by atomic mass is 10.1. The SMILES string of the molecule is CC.CC(=O)c1ccccc1Nc1cccc(Cl)c1C. The molecule has 2 aromatic carbocycles. The minimum absolute atomic E-state index is 0.0396. The van der Waals surface area contributed by atoms with E-state index in [9.17, 15) is 4.79 Å².